The number of carbonyl (C=O) groups excluding carboxylic acids is 2. The summed E-state index contributed by atoms with van der Waals surface area (Å²) in [7, 11) is -4.58. The van der Waals surface area contributed by atoms with Crippen molar-refractivity contribution in [1.29, 1.82) is 0 Å². The van der Waals surface area contributed by atoms with Crippen molar-refractivity contribution in [2.75, 3.05) is 18.8 Å². The third kappa shape index (κ3) is 6.15. The maximum Gasteiger partial charge on any atom is 0.266 e. The van der Waals surface area contributed by atoms with Gasteiger partial charge in [0.2, 0.25) is 11.8 Å². The molecule has 0 bridgehead atoms. The first-order chi connectivity index (χ1) is 13.4. The van der Waals surface area contributed by atoms with Crippen LogP contribution >= 0.6 is 0 Å². The Kier molecular flexibility index (Phi) is 7.25. The van der Waals surface area contributed by atoms with Crippen molar-refractivity contribution in [1.82, 2.24) is 4.90 Å². The van der Waals surface area contributed by atoms with Gasteiger partial charge in [-0.05, 0) is 36.8 Å². The number of likely N-dealkylation sites (tertiary alicyclic amines) is 1. The van der Waals surface area contributed by atoms with Gasteiger partial charge in [-0.3, -0.25) is 14.1 Å². The smallest absolute Gasteiger partial charge is 0.266 e. The molecule has 1 aliphatic heterocycles. The highest BCUT2D eigenvalue weighted by molar-refractivity contribution is 7.85. The summed E-state index contributed by atoms with van der Waals surface area (Å²) < 4.78 is 71.0. The number of nitrogens with zero attached hydrogens (tertiary/aromatic N) is 1. The molecule has 0 radical (unpaired) electrons. The van der Waals surface area contributed by atoms with Gasteiger partial charge in [0.05, 0.1) is 5.75 Å². The van der Waals surface area contributed by atoms with Crippen LogP contribution in [0.2, 0.25) is 0 Å². The van der Waals surface area contributed by atoms with E-state index >= 15 is 0 Å². The monoisotopic (exact) mass is 437 g/mol. The fourth-order valence-electron chi connectivity index (χ4n) is 3.39. The van der Waals surface area contributed by atoms with Gasteiger partial charge in [0, 0.05) is 25.2 Å². The number of piperidine rings is 1. The number of carbonyl (C=O) groups is 2. The molecule has 2 rings (SSSR count). The summed E-state index contributed by atoms with van der Waals surface area (Å²) in [5, 5.41) is 0. The van der Waals surface area contributed by atoms with E-state index in [2.05, 4.69) is 0 Å². The van der Waals surface area contributed by atoms with Gasteiger partial charge in [0.15, 0.2) is 11.6 Å². The van der Waals surface area contributed by atoms with Crippen LogP contribution in [0.3, 0.4) is 0 Å². The fraction of sp³-hybridized carbons (Fsp3) is 0.529. The van der Waals surface area contributed by atoms with Crippen molar-refractivity contribution >= 4 is 21.9 Å². The molecule has 0 aliphatic carbocycles. The minimum Gasteiger partial charge on any atom is -0.369 e. The van der Waals surface area contributed by atoms with E-state index in [1.807, 2.05) is 0 Å². The molecule has 0 aromatic heterocycles. The van der Waals surface area contributed by atoms with Crippen molar-refractivity contribution in [3.63, 3.8) is 0 Å². The van der Waals surface area contributed by atoms with Crippen LogP contribution in [0.4, 0.5) is 13.2 Å². The number of benzene rings is 1. The highest BCUT2D eigenvalue weighted by Crippen LogP contribution is 2.24. The third-order valence-corrected chi connectivity index (χ3v) is 5.78. The van der Waals surface area contributed by atoms with Crippen LogP contribution in [-0.2, 0) is 26.1 Å². The molecule has 12 heteroatoms. The highest BCUT2D eigenvalue weighted by Gasteiger charge is 2.35. The molecule has 8 nitrogen and oxygen atoms in total. The van der Waals surface area contributed by atoms with E-state index in [9.17, 15) is 31.2 Å². The van der Waals surface area contributed by atoms with E-state index in [0.717, 1.165) is 6.07 Å². The van der Waals surface area contributed by atoms with Gasteiger partial charge < -0.3 is 16.4 Å². The summed E-state index contributed by atoms with van der Waals surface area (Å²) in [5.74, 6) is -8.32. The molecule has 0 saturated carbocycles. The number of nitrogens with two attached hydrogens (primary N) is 2. The van der Waals surface area contributed by atoms with E-state index in [0.29, 0.717) is 18.9 Å². The Morgan fingerprint density at radius 2 is 1.69 bits per heavy atom. The van der Waals surface area contributed by atoms with E-state index in [4.69, 9.17) is 16.0 Å². The molecule has 2 atom stereocenters. The lowest BCUT2D eigenvalue weighted by Crippen LogP contribution is -2.49. The van der Waals surface area contributed by atoms with Crippen molar-refractivity contribution in [2.24, 2.45) is 23.3 Å². The number of halogens is 3. The molecule has 2 amide bonds. The van der Waals surface area contributed by atoms with Crippen molar-refractivity contribution in [2.45, 2.75) is 25.3 Å². The first-order valence-corrected chi connectivity index (χ1v) is 10.4. The molecule has 29 heavy (non-hydrogen) atoms. The Bertz CT molecular complexity index is 889. The molecule has 1 saturated heterocycles. The molecule has 0 spiro atoms. The zero-order valence-corrected chi connectivity index (χ0v) is 16.2. The van der Waals surface area contributed by atoms with Crippen molar-refractivity contribution < 1.29 is 35.7 Å². The van der Waals surface area contributed by atoms with Crippen LogP contribution in [0.1, 0.15) is 18.4 Å². The van der Waals surface area contributed by atoms with Gasteiger partial charge in [0.1, 0.15) is 11.7 Å². The largest absolute Gasteiger partial charge is 0.369 e. The summed E-state index contributed by atoms with van der Waals surface area (Å²) in [6.45, 7) is 0.291. The average Bonchev–Trinajstić information content (AvgIpc) is 2.62. The standard InChI is InChI=1S/C17H22F3N3O5S/c18-12-7-14(20)13(19)5-10(12)6-15(21)9-1-3-23(4-2-9)17(25)11(16(22)24)8-29(26,27)28/h5,7,9,11,15H,1-4,6,8,21H2,(H2,22,24)(H,26,27,28)/t11?,15-/m1/s1. The Balaban J connectivity index is 1.98. The zero-order valence-electron chi connectivity index (χ0n) is 15.4. The molecule has 5 N–H and O–H groups in total. The van der Waals surface area contributed by atoms with Crippen LogP contribution in [0, 0.1) is 29.3 Å². The van der Waals surface area contributed by atoms with Crippen LogP contribution in [0.5, 0.6) is 0 Å². The second-order valence-corrected chi connectivity index (χ2v) is 8.59. The van der Waals surface area contributed by atoms with Gasteiger partial charge in [-0.25, -0.2) is 13.2 Å². The minimum absolute atomic E-state index is 0.0334. The maximum atomic E-state index is 13.8. The number of amides is 2. The van der Waals surface area contributed by atoms with Crippen LogP contribution in [0.25, 0.3) is 0 Å². The second kappa shape index (κ2) is 9.09. The van der Waals surface area contributed by atoms with Gasteiger partial charge in [-0.1, -0.05) is 0 Å². The Hall–Kier alpha value is -2.18. The summed E-state index contributed by atoms with van der Waals surface area (Å²) in [6.07, 6.45) is 0.708. The predicted octanol–water partition coefficient (Wildman–Crippen LogP) is 0.202. The van der Waals surface area contributed by atoms with Gasteiger partial charge in [0.25, 0.3) is 10.1 Å². The number of rotatable bonds is 7. The van der Waals surface area contributed by atoms with Gasteiger partial charge >= 0.3 is 0 Å². The fourth-order valence-corrected chi connectivity index (χ4v) is 4.12. The summed E-state index contributed by atoms with van der Waals surface area (Å²) in [5.41, 5.74) is 11.1. The van der Waals surface area contributed by atoms with Crippen LogP contribution in [0.15, 0.2) is 12.1 Å². The molecular formula is C17H22F3N3O5S. The summed E-state index contributed by atoms with van der Waals surface area (Å²) in [6, 6.07) is 0.629. The normalized spacial score (nSPS) is 17.8. The lowest BCUT2D eigenvalue weighted by molar-refractivity contribution is -0.141. The molecule has 1 fully saturated rings. The van der Waals surface area contributed by atoms with E-state index in [-0.39, 0.29) is 31.0 Å². The molecule has 1 aliphatic rings. The summed E-state index contributed by atoms with van der Waals surface area (Å²) >= 11 is 0. The van der Waals surface area contributed by atoms with Crippen molar-refractivity contribution in [3.8, 4) is 0 Å². The molecule has 1 aromatic rings. The van der Waals surface area contributed by atoms with E-state index in [1.165, 1.54) is 4.90 Å². The molecule has 1 heterocycles. The lowest BCUT2D eigenvalue weighted by Gasteiger charge is -2.36. The SMILES string of the molecule is NC(=O)C(CS(=O)(=O)O)C(=O)N1CCC([C@H](N)Cc2cc(F)c(F)cc2F)CC1. The molecule has 1 unspecified atom stereocenters. The minimum atomic E-state index is -4.58. The number of primary amides is 1. The molecular weight excluding hydrogens is 415 g/mol. The molecule has 162 valence electrons. The second-order valence-electron chi connectivity index (χ2n) is 7.09. The lowest BCUT2D eigenvalue weighted by atomic mass is 9.86. The van der Waals surface area contributed by atoms with E-state index in [1.54, 1.807) is 0 Å². The topological polar surface area (TPSA) is 144 Å². The highest BCUT2D eigenvalue weighted by atomic mass is 32.2. The van der Waals surface area contributed by atoms with E-state index < -0.39 is 57.1 Å². The maximum absolute atomic E-state index is 13.8. The predicted molar refractivity (Wildman–Crippen MR) is 96.4 cm³/mol. The molecule has 1 aromatic carbocycles. The Labute approximate surface area is 165 Å². The number of hydrogen-bond acceptors (Lipinski definition) is 5. The zero-order chi connectivity index (χ0) is 21.9. The van der Waals surface area contributed by atoms with Crippen LogP contribution < -0.4 is 11.5 Å². The van der Waals surface area contributed by atoms with Gasteiger partial charge in [-0.2, -0.15) is 8.42 Å². The average molecular weight is 437 g/mol. The summed E-state index contributed by atoms with van der Waals surface area (Å²) in [4.78, 5) is 25.0. The van der Waals surface area contributed by atoms with Crippen molar-refractivity contribution in [3.05, 3.63) is 35.1 Å². The van der Waals surface area contributed by atoms with Crippen LogP contribution in [-0.4, -0.2) is 54.6 Å². The first-order valence-electron chi connectivity index (χ1n) is 8.81. The quantitative estimate of drug-likeness (QED) is 0.316. The first kappa shape index (κ1) is 23.1. The Morgan fingerprint density at radius 3 is 2.21 bits per heavy atom. The number of hydrogen-bond donors (Lipinski definition) is 3. The Morgan fingerprint density at radius 1 is 1.14 bits per heavy atom. The van der Waals surface area contributed by atoms with Gasteiger partial charge in [-0.15, -0.1) is 0 Å². The third-order valence-electron chi connectivity index (χ3n) is 5.02.